The normalized spacial score (nSPS) is 10.1. The summed E-state index contributed by atoms with van der Waals surface area (Å²) in [5.74, 6) is -0.00550. The highest BCUT2D eigenvalue weighted by molar-refractivity contribution is 6.05. The molecule has 1 heterocycles. The topological polar surface area (TPSA) is 85.1 Å². The minimum atomic E-state index is -0.504. The first-order chi connectivity index (χ1) is 9.49. The summed E-state index contributed by atoms with van der Waals surface area (Å²) in [6.45, 7) is 3.44. The summed E-state index contributed by atoms with van der Waals surface area (Å²) in [6, 6.07) is 7.91. The van der Waals surface area contributed by atoms with E-state index in [9.17, 15) is 14.9 Å². The molecule has 102 valence electrons. The average molecular weight is 271 g/mol. The molecule has 1 aromatic carbocycles. The predicted molar refractivity (Wildman–Crippen MR) is 74.8 cm³/mol. The lowest BCUT2D eigenvalue weighted by Crippen LogP contribution is -2.14. The molecule has 0 aliphatic heterocycles. The molecule has 2 rings (SSSR count). The minimum absolute atomic E-state index is 0.0745. The molecule has 0 saturated heterocycles. The molecule has 2 aromatic rings. The summed E-state index contributed by atoms with van der Waals surface area (Å²) in [7, 11) is 0. The van der Waals surface area contributed by atoms with Crippen LogP contribution < -0.4 is 5.32 Å². The van der Waals surface area contributed by atoms with Crippen molar-refractivity contribution < 1.29 is 9.72 Å². The van der Waals surface area contributed by atoms with Gasteiger partial charge in [-0.05, 0) is 31.5 Å². The quantitative estimate of drug-likeness (QED) is 0.687. The number of amides is 1. The molecule has 6 nitrogen and oxygen atoms in total. The maximum absolute atomic E-state index is 12.1. The number of aromatic nitrogens is 1. The molecule has 0 spiro atoms. The van der Waals surface area contributed by atoms with Crippen molar-refractivity contribution in [1.82, 2.24) is 4.98 Å². The second kappa shape index (κ2) is 5.48. The molecule has 1 aromatic heterocycles. The molecule has 0 radical (unpaired) electrons. The van der Waals surface area contributed by atoms with Gasteiger partial charge in [-0.3, -0.25) is 14.9 Å². The van der Waals surface area contributed by atoms with Gasteiger partial charge in [-0.2, -0.15) is 0 Å². The molecule has 1 amide bonds. The van der Waals surface area contributed by atoms with Crippen LogP contribution in [0, 0.1) is 24.0 Å². The van der Waals surface area contributed by atoms with Gasteiger partial charge in [0, 0.05) is 23.4 Å². The maximum Gasteiger partial charge on any atom is 0.273 e. The lowest BCUT2D eigenvalue weighted by molar-refractivity contribution is -0.385. The van der Waals surface area contributed by atoms with Crippen LogP contribution >= 0.6 is 0 Å². The molecule has 0 fully saturated rings. The van der Waals surface area contributed by atoms with E-state index in [0.29, 0.717) is 11.4 Å². The molecule has 0 atom stereocenters. The first kappa shape index (κ1) is 13.7. The minimum Gasteiger partial charge on any atom is -0.307 e. The van der Waals surface area contributed by atoms with Crippen LogP contribution in [-0.2, 0) is 0 Å². The van der Waals surface area contributed by atoms with E-state index in [0.717, 1.165) is 5.56 Å². The van der Waals surface area contributed by atoms with Crippen LogP contribution in [0.3, 0.4) is 0 Å². The van der Waals surface area contributed by atoms with E-state index in [4.69, 9.17) is 0 Å². The maximum atomic E-state index is 12.1. The highest BCUT2D eigenvalue weighted by Gasteiger charge is 2.18. The highest BCUT2D eigenvalue weighted by atomic mass is 16.6. The fourth-order valence-corrected chi connectivity index (χ4v) is 1.79. The van der Waals surface area contributed by atoms with E-state index in [1.165, 1.54) is 12.1 Å². The zero-order valence-electron chi connectivity index (χ0n) is 11.1. The third-order valence-corrected chi connectivity index (χ3v) is 2.90. The van der Waals surface area contributed by atoms with Gasteiger partial charge >= 0.3 is 0 Å². The van der Waals surface area contributed by atoms with Gasteiger partial charge in [0.05, 0.1) is 4.92 Å². The van der Waals surface area contributed by atoms with Crippen LogP contribution in [0.1, 0.15) is 21.5 Å². The van der Waals surface area contributed by atoms with Gasteiger partial charge in [-0.25, -0.2) is 4.98 Å². The van der Waals surface area contributed by atoms with E-state index in [1.807, 2.05) is 13.0 Å². The molecule has 1 N–H and O–H groups in total. The summed E-state index contributed by atoms with van der Waals surface area (Å²) in [6.07, 6.45) is 1.63. The fourth-order valence-electron chi connectivity index (χ4n) is 1.79. The molecule has 0 aliphatic rings. The van der Waals surface area contributed by atoms with E-state index < -0.39 is 10.8 Å². The van der Waals surface area contributed by atoms with Crippen molar-refractivity contribution in [2.45, 2.75) is 13.8 Å². The molecule has 6 heteroatoms. The Labute approximate surface area is 115 Å². The van der Waals surface area contributed by atoms with Crippen LogP contribution in [0.2, 0.25) is 0 Å². The second-order valence-electron chi connectivity index (χ2n) is 4.38. The SMILES string of the molecule is Cc1ccc(NC(=O)c2cccc([N+](=O)[O-])c2C)nc1. The van der Waals surface area contributed by atoms with Crippen LogP contribution in [-0.4, -0.2) is 15.8 Å². The van der Waals surface area contributed by atoms with Crippen LogP contribution in [0.25, 0.3) is 0 Å². The summed E-state index contributed by atoms with van der Waals surface area (Å²) in [4.78, 5) is 26.5. The number of benzene rings is 1. The summed E-state index contributed by atoms with van der Waals surface area (Å²) in [5, 5.41) is 13.5. The van der Waals surface area contributed by atoms with Crippen LogP contribution in [0.4, 0.5) is 11.5 Å². The Bertz CT molecular complexity index is 666. The van der Waals surface area contributed by atoms with Crippen molar-refractivity contribution >= 4 is 17.4 Å². The molecule has 0 aliphatic carbocycles. The van der Waals surface area contributed by atoms with Crippen molar-refractivity contribution in [3.63, 3.8) is 0 Å². The number of nitrogens with zero attached hydrogens (tertiary/aromatic N) is 2. The highest BCUT2D eigenvalue weighted by Crippen LogP contribution is 2.21. The molecule has 20 heavy (non-hydrogen) atoms. The van der Waals surface area contributed by atoms with Gasteiger partial charge in [0.15, 0.2) is 0 Å². The van der Waals surface area contributed by atoms with Gasteiger partial charge in [0.2, 0.25) is 0 Å². The van der Waals surface area contributed by atoms with Crippen molar-refractivity contribution in [2.24, 2.45) is 0 Å². The zero-order valence-corrected chi connectivity index (χ0v) is 11.1. The Morgan fingerprint density at radius 3 is 2.60 bits per heavy atom. The van der Waals surface area contributed by atoms with E-state index in [-0.39, 0.29) is 11.3 Å². The first-order valence-electron chi connectivity index (χ1n) is 5.97. The third-order valence-electron chi connectivity index (χ3n) is 2.90. The summed E-state index contributed by atoms with van der Waals surface area (Å²) < 4.78 is 0. The van der Waals surface area contributed by atoms with Crippen LogP contribution in [0.15, 0.2) is 36.5 Å². The largest absolute Gasteiger partial charge is 0.307 e. The smallest absolute Gasteiger partial charge is 0.273 e. The predicted octanol–water partition coefficient (Wildman–Crippen LogP) is 2.86. The van der Waals surface area contributed by atoms with E-state index in [2.05, 4.69) is 10.3 Å². The number of aryl methyl sites for hydroxylation is 1. The third kappa shape index (κ3) is 2.80. The lowest BCUT2D eigenvalue weighted by Gasteiger charge is -2.07. The van der Waals surface area contributed by atoms with Gasteiger partial charge in [-0.1, -0.05) is 12.1 Å². The number of carbonyl (C=O) groups excluding carboxylic acids is 1. The number of nitro groups is 1. The fraction of sp³-hybridized carbons (Fsp3) is 0.143. The summed E-state index contributed by atoms with van der Waals surface area (Å²) >= 11 is 0. The monoisotopic (exact) mass is 271 g/mol. The Morgan fingerprint density at radius 1 is 1.25 bits per heavy atom. The Balaban J connectivity index is 2.28. The van der Waals surface area contributed by atoms with Crippen molar-refractivity contribution in [2.75, 3.05) is 5.32 Å². The molecule has 0 unspecified atom stereocenters. The van der Waals surface area contributed by atoms with Gasteiger partial charge in [0.1, 0.15) is 5.82 Å². The Kier molecular flexibility index (Phi) is 3.74. The number of hydrogen-bond donors (Lipinski definition) is 1. The lowest BCUT2D eigenvalue weighted by atomic mass is 10.1. The standard InChI is InChI=1S/C14H13N3O3/c1-9-6-7-13(15-8-9)16-14(18)11-4-3-5-12(10(11)2)17(19)20/h3-8H,1-2H3,(H,15,16,18). The number of pyridine rings is 1. The van der Waals surface area contributed by atoms with Crippen LogP contribution in [0.5, 0.6) is 0 Å². The van der Waals surface area contributed by atoms with E-state index in [1.54, 1.807) is 25.3 Å². The number of nitro benzene ring substituents is 1. The first-order valence-corrected chi connectivity index (χ1v) is 5.97. The Morgan fingerprint density at radius 2 is 2.00 bits per heavy atom. The second-order valence-corrected chi connectivity index (χ2v) is 4.38. The Hall–Kier alpha value is -2.76. The average Bonchev–Trinajstić information content (AvgIpc) is 2.41. The number of rotatable bonds is 3. The molecular weight excluding hydrogens is 258 g/mol. The molecule has 0 bridgehead atoms. The van der Waals surface area contributed by atoms with Gasteiger partial charge < -0.3 is 5.32 Å². The number of anilines is 1. The zero-order chi connectivity index (χ0) is 14.7. The molecule has 0 saturated carbocycles. The number of carbonyl (C=O) groups is 1. The van der Waals surface area contributed by atoms with Gasteiger partial charge in [0.25, 0.3) is 11.6 Å². The van der Waals surface area contributed by atoms with Crippen molar-refractivity contribution in [3.8, 4) is 0 Å². The van der Waals surface area contributed by atoms with Crippen molar-refractivity contribution in [3.05, 3.63) is 63.3 Å². The van der Waals surface area contributed by atoms with Gasteiger partial charge in [-0.15, -0.1) is 0 Å². The molecular formula is C14H13N3O3. The number of nitrogens with one attached hydrogen (secondary N) is 1. The summed E-state index contributed by atoms with van der Waals surface area (Å²) in [5.41, 5.74) is 1.51. The van der Waals surface area contributed by atoms with Crippen molar-refractivity contribution in [1.29, 1.82) is 0 Å². The van der Waals surface area contributed by atoms with E-state index >= 15 is 0 Å². The number of hydrogen-bond acceptors (Lipinski definition) is 4.